The molecule has 0 radical (unpaired) electrons. The number of benzene rings is 1. The zero-order valence-corrected chi connectivity index (χ0v) is 11.0. The molecular formula is C15H17N3O. The van der Waals surface area contributed by atoms with Crippen LogP contribution in [0.25, 0.3) is 10.9 Å². The van der Waals surface area contributed by atoms with Crippen molar-refractivity contribution in [2.24, 2.45) is 5.73 Å². The SMILES string of the molecule is CCC1(N)CN(C(=O)c2cccc3ncccc23)C1. The molecule has 2 aromatic rings. The van der Waals surface area contributed by atoms with Crippen LogP contribution in [-0.4, -0.2) is 34.4 Å². The third-order valence-electron chi connectivity index (χ3n) is 3.88. The molecule has 1 aliphatic heterocycles. The van der Waals surface area contributed by atoms with Crippen LogP contribution in [-0.2, 0) is 0 Å². The van der Waals surface area contributed by atoms with Crippen LogP contribution >= 0.6 is 0 Å². The molecule has 0 bridgehead atoms. The molecule has 0 unspecified atom stereocenters. The number of amides is 1. The van der Waals surface area contributed by atoms with Crippen LogP contribution in [0, 0.1) is 0 Å². The van der Waals surface area contributed by atoms with Crippen molar-refractivity contribution in [3.63, 3.8) is 0 Å². The van der Waals surface area contributed by atoms with Gasteiger partial charge in [0.1, 0.15) is 0 Å². The molecular weight excluding hydrogens is 238 g/mol. The molecule has 1 aromatic heterocycles. The highest BCUT2D eigenvalue weighted by molar-refractivity contribution is 6.06. The van der Waals surface area contributed by atoms with Crippen molar-refractivity contribution in [3.8, 4) is 0 Å². The molecule has 3 rings (SSSR count). The normalized spacial score (nSPS) is 17.3. The molecule has 1 fully saturated rings. The van der Waals surface area contributed by atoms with Crippen molar-refractivity contribution < 1.29 is 4.79 Å². The number of likely N-dealkylation sites (tertiary alicyclic amines) is 1. The fourth-order valence-corrected chi connectivity index (χ4v) is 2.54. The molecule has 0 atom stereocenters. The zero-order valence-electron chi connectivity index (χ0n) is 11.0. The summed E-state index contributed by atoms with van der Waals surface area (Å²) in [5.74, 6) is 0.0492. The van der Waals surface area contributed by atoms with Gasteiger partial charge in [0.05, 0.1) is 11.1 Å². The van der Waals surface area contributed by atoms with E-state index >= 15 is 0 Å². The van der Waals surface area contributed by atoms with Crippen molar-refractivity contribution >= 4 is 16.8 Å². The Morgan fingerprint density at radius 2 is 2.16 bits per heavy atom. The highest BCUT2D eigenvalue weighted by Gasteiger charge is 2.40. The second-order valence-corrected chi connectivity index (χ2v) is 5.25. The molecule has 2 N–H and O–H groups in total. The summed E-state index contributed by atoms with van der Waals surface area (Å²) < 4.78 is 0. The van der Waals surface area contributed by atoms with Crippen molar-refractivity contribution in [2.75, 3.05) is 13.1 Å². The molecule has 1 amide bonds. The summed E-state index contributed by atoms with van der Waals surface area (Å²) in [4.78, 5) is 18.6. The Balaban J connectivity index is 1.91. The minimum Gasteiger partial charge on any atom is -0.335 e. The maximum Gasteiger partial charge on any atom is 0.254 e. The van der Waals surface area contributed by atoms with Gasteiger partial charge >= 0.3 is 0 Å². The summed E-state index contributed by atoms with van der Waals surface area (Å²) in [7, 11) is 0. The largest absolute Gasteiger partial charge is 0.335 e. The first kappa shape index (κ1) is 12.1. The Bertz CT molecular complexity index is 627. The smallest absolute Gasteiger partial charge is 0.254 e. The molecule has 0 saturated carbocycles. The quantitative estimate of drug-likeness (QED) is 0.890. The summed E-state index contributed by atoms with van der Waals surface area (Å²) in [5.41, 5.74) is 7.48. The Morgan fingerprint density at radius 1 is 1.37 bits per heavy atom. The average Bonchev–Trinajstić information content (AvgIpc) is 2.42. The number of pyridine rings is 1. The molecule has 4 heteroatoms. The Morgan fingerprint density at radius 3 is 2.89 bits per heavy atom. The summed E-state index contributed by atoms with van der Waals surface area (Å²) in [6.45, 7) is 3.33. The summed E-state index contributed by atoms with van der Waals surface area (Å²) in [6, 6.07) is 9.44. The van der Waals surface area contributed by atoms with E-state index < -0.39 is 0 Å². The Kier molecular flexibility index (Phi) is 2.75. The third-order valence-corrected chi connectivity index (χ3v) is 3.88. The summed E-state index contributed by atoms with van der Waals surface area (Å²) in [6.07, 6.45) is 2.64. The molecule has 1 aliphatic rings. The maximum atomic E-state index is 12.5. The predicted molar refractivity (Wildman–Crippen MR) is 74.9 cm³/mol. The summed E-state index contributed by atoms with van der Waals surface area (Å²) in [5, 5.41) is 0.904. The minimum absolute atomic E-state index is 0.0492. The second kappa shape index (κ2) is 4.31. The molecule has 1 aromatic carbocycles. The predicted octanol–water partition coefficient (Wildman–Crippen LogP) is 1.80. The van der Waals surface area contributed by atoms with Gasteiger partial charge in [-0.2, -0.15) is 0 Å². The van der Waals surface area contributed by atoms with Crippen LogP contribution in [0.3, 0.4) is 0 Å². The number of aromatic nitrogens is 1. The lowest BCUT2D eigenvalue weighted by Gasteiger charge is -2.47. The lowest BCUT2D eigenvalue weighted by atomic mass is 9.87. The van der Waals surface area contributed by atoms with Crippen LogP contribution < -0.4 is 5.73 Å². The topological polar surface area (TPSA) is 59.2 Å². The Hall–Kier alpha value is -1.94. The van der Waals surface area contributed by atoms with Crippen molar-refractivity contribution in [1.82, 2.24) is 9.88 Å². The van der Waals surface area contributed by atoms with Crippen molar-refractivity contribution in [2.45, 2.75) is 18.9 Å². The third kappa shape index (κ3) is 1.98. The van der Waals surface area contributed by atoms with E-state index in [-0.39, 0.29) is 11.4 Å². The summed E-state index contributed by atoms with van der Waals surface area (Å²) >= 11 is 0. The van der Waals surface area contributed by atoms with Gasteiger partial charge in [-0.1, -0.05) is 19.1 Å². The van der Waals surface area contributed by atoms with E-state index in [1.165, 1.54) is 0 Å². The van der Waals surface area contributed by atoms with Crippen LogP contribution in [0.15, 0.2) is 36.5 Å². The number of carbonyl (C=O) groups excluding carboxylic acids is 1. The van der Waals surface area contributed by atoms with Gasteiger partial charge in [-0.15, -0.1) is 0 Å². The van der Waals surface area contributed by atoms with Gasteiger partial charge < -0.3 is 10.6 Å². The van der Waals surface area contributed by atoms with E-state index in [9.17, 15) is 4.79 Å². The van der Waals surface area contributed by atoms with Crippen molar-refractivity contribution in [3.05, 3.63) is 42.1 Å². The fraction of sp³-hybridized carbons (Fsp3) is 0.333. The van der Waals surface area contributed by atoms with Crippen LogP contribution in [0.2, 0.25) is 0 Å². The number of nitrogens with zero attached hydrogens (tertiary/aromatic N) is 2. The second-order valence-electron chi connectivity index (χ2n) is 5.25. The number of carbonyl (C=O) groups is 1. The number of hydrogen-bond acceptors (Lipinski definition) is 3. The highest BCUT2D eigenvalue weighted by atomic mass is 16.2. The first-order valence-electron chi connectivity index (χ1n) is 6.55. The van der Waals surface area contributed by atoms with Gasteiger partial charge in [0.25, 0.3) is 5.91 Å². The number of nitrogens with two attached hydrogens (primary N) is 1. The van der Waals surface area contributed by atoms with Gasteiger partial charge in [0, 0.05) is 30.2 Å². The Labute approximate surface area is 112 Å². The van der Waals surface area contributed by atoms with Gasteiger partial charge in [-0.05, 0) is 24.6 Å². The zero-order chi connectivity index (χ0) is 13.5. The van der Waals surface area contributed by atoms with Gasteiger partial charge in [0.15, 0.2) is 0 Å². The first-order valence-corrected chi connectivity index (χ1v) is 6.55. The standard InChI is InChI=1S/C15H17N3O/c1-2-15(16)9-18(10-15)14(19)12-5-3-7-13-11(12)6-4-8-17-13/h3-8H,2,9-10,16H2,1H3. The molecule has 19 heavy (non-hydrogen) atoms. The minimum atomic E-state index is -0.196. The van der Waals surface area contributed by atoms with Gasteiger partial charge in [-0.3, -0.25) is 9.78 Å². The highest BCUT2D eigenvalue weighted by Crippen LogP contribution is 2.26. The van der Waals surface area contributed by atoms with Crippen LogP contribution in [0.4, 0.5) is 0 Å². The van der Waals surface area contributed by atoms with E-state index in [0.29, 0.717) is 18.7 Å². The van der Waals surface area contributed by atoms with E-state index in [1.54, 1.807) is 6.20 Å². The molecule has 4 nitrogen and oxygen atoms in total. The molecule has 0 aliphatic carbocycles. The van der Waals surface area contributed by atoms with Gasteiger partial charge in [0.2, 0.25) is 0 Å². The lowest BCUT2D eigenvalue weighted by molar-refractivity contribution is 0.0403. The van der Waals surface area contributed by atoms with E-state index in [0.717, 1.165) is 17.3 Å². The number of fused-ring (bicyclic) bond motifs is 1. The van der Waals surface area contributed by atoms with Crippen LogP contribution in [0.1, 0.15) is 23.7 Å². The monoisotopic (exact) mass is 255 g/mol. The van der Waals surface area contributed by atoms with Gasteiger partial charge in [-0.25, -0.2) is 0 Å². The van der Waals surface area contributed by atoms with E-state index in [2.05, 4.69) is 11.9 Å². The van der Waals surface area contributed by atoms with E-state index in [4.69, 9.17) is 5.73 Å². The molecule has 98 valence electrons. The molecule has 2 heterocycles. The number of rotatable bonds is 2. The molecule has 0 spiro atoms. The van der Waals surface area contributed by atoms with E-state index in [1.807, 2.05) is 35.2 Å². The number of hydrogen-bond donors (Lipinski definition) is 1. The lowest BCUT2D eigenvalue weighted by Crippen LogP contribution is -2.68. The average molecular weight is 255 g/mol. The van der Waals surface area contributed by atoms with Crippen molar-refractivity contribution in [1.29, 1.82) is 0 Å². The van der Waals surface area contributed by atoms with Crippen LogP contribution in [0.5, 0.6) is 0 Å². The molecule has 1 saturated heterocycles. The first-order chi connectivity index (χ1) is 9.13. The maximum absolute atomic E-state index is 12.5. The fourth-order valence-electron chi connectivity index (χ4n) is 2.54.